The highest BCUT2D eigenvalue weighted by Gasteiger charge is 2.26. The van der Waals surface area contributed by atoms with Crippen LogP contribution >= 0.6 is 0 Å². The van der Waals surface area contributed by atoms with Crippen molar-refractivity contribution in [1.29, 1.82) is 0 Å². The Labute approximate surface area is 150 Å². The van der Waals surface area contributed by atoms with Gasteiger partial charge in [0, 0.05) is 6.42 Å². The van der Waals surface area contributed by atoms with E-state index in [1.54, 1.807) is 13.8 Å². The lowest BCUT2D eigenvalue weighted by molar-refractivity contribution is -0.141. The molecule has 0 rings (SSSR count). The van der Waals surface area contributed by atoms with Crippen molar-refractivity contribution in [3.8, 4) is 0 Å². The summed E-state index contributed by atoms with van der Waals surface area (Å²) in [5.74, 6) is -4.71. The summed E-state index contributed by atoms with van der Waals surface area (Å²) in [6.07, 6.45) is -0.567. The van der Waals surface area contributed by atoms with Crippen molar-refractivity contribution in [2.45, 2.75) is 51.7 Å². The lowest BCUT2D eigenvalue weighted by Crippen LogP contribution is -2.54. The minimum absolute atomic E-state index is 0.190. The molecule has 0 heterocycles. The van der Waals surface area contributed by atoms with Gasteiger partial charge in [-0.15, -0.1) is 0 Å². The van der Waals surface area contributed by atoms with Gasteiger partial charge in [-0.05, 0) is 19.3 Å². The molecule has 11 heteroatoms. The average Bonchev–Trinajstić information content (AvgIpc) is 2.54. The Balaban J connectivity index is 4.78. The number of rotatable bonds is 11. The van der Waals surface area contributed by atoms with Gasteiger partial charge in [0.05, 0.1) is 12.6 Å². The van der Waals surface area contributed by atoms with E-state index in [-0.39, 0.29) is 18.8 Å². The summed E-state index contributed by atoms with van der Waals surface area (Å²) in [6.45, 7) is 4.16. The van der Waals surface area contributed by atoms with E-state index in [2.05, 4.69) is 16.0 Å². The van der Waals surface area contributed by atoms with Gasteiger partial charge in [0.25, 0.3) is 0 Å². The first-order chi connectivity index (χ1) is 12.0. The van der Waals surface area contributed by atoms with Crippen molar-refractivity contribution in [1.82, 2.24) is 16.0 Å². The van der Waals surface area contributed by atoms with Crippen LogP contribution in [0, 0.1) is 5.92 Å². The second-order valence-electron chi connectivity index (χ2n) is 6.11. The largest absolute Gasteiger partial charge is 0.481 e. The molecule has 11 nitrogen and oxygen atoms in total. The second kappa shape index (κ2) is 11.0. The number of carbonyl (C=O) groups is 5. The zero-order valence-electron chi connectivity index (χ0n) is 14.9. The lowest BCUT2D eigenvalue weighted by Gasteiger charge is -2.21. The number of aliphatic carboxylic acids is 2. The van der Waals surface area contributed by atoms with E-state index in [1.165, 1.54) is 6.92 Å². The molecule has 0 aliphatic heterocycles. The van der Waals surface area contributed by atoms with Crippen molar-refractivity contribution >= 4 is 29.7 Å². The third kappa shape index (κ3) is 8.97. The molecular weight excluding hydrogens is 348 g/mol. The van der Waals surface area contributed by atoms with E-state index < -0.39 is 54.3 Å². The molecule has 3 amide bonds. The van der Waals surface area contributed by atoms with Crippen molar-refractivity contribution in [2.75, 3.05) is 6.54 Å². The van der Waals surface area contributed by atoms with Crippen molar-refractivity contribution in [3.63, 3.8) is 0 Å². The number of hydrogen-bond acceptors (Lipinski definition) is 6. The summed E-state index contributed by atoms with van der Waals surface area (Å²) >= 11 is 0. The molecule has 148 valence electrons. The molecule has 7 N–H and O–H groups in total. The first-order valence-electron chi connectivity index (χ1n) is 8.03. The van der Waals surface area contributed by atoms with Crippen LogP contribution in [-0.4, -0.2) is 64.5 Å². The molecule has 0 spiro atoms. The van der Waals surface area contributed by atoms with E-state index in [0.29, 0.717) is 0 Å². The predicted molar refractivity (Wildman–Crippen MR) is 89.9 cm³/mol. The quantitative estimate of drug-likeness (QED) is 0.240. The number of nitrogens with two attached hydrogens (primary N) is 1. The maximum absolute atomic E-state index is 12.2. The first-order valence-corrected chi connectivity index (χ1v) is 8.03. The Hall–Kier alpha value is -2.69. The fourth-order valence-corrected chi connectivity index (χ4v) is 1.75. The minimum atomic E-state index is -1.24. The second-order valence-corrected chi connectivity index (χ2v) is 6.11. The number of carbonyl (C=O) groups excluding carboxylic acids is 3. The summed E-state index contributed by atoms with van der Waals surface area (Å²) in [4.78, 5) is 57.1. The highest BCUT2D eigenvalue weighted by atomic mass is 16.4. The molecule has 0 radical (unpaired) electrons. The van der Waals surface area contributed by atoms with Crippen LogP contribution in [0.1, 0.15) is 33.6 Å². The molecular formula is C15H26N4O7. The van der Waals surface area contributed by atoms with Crippen molar-refractivity contribution in [2.24, 2.45) is 11.7 Å². The van der Waals surface area contributed by atoms with E-state index in [4.69, 9.17) is 15.9 Å². The van der Waals surface area contributed by atoms with E-state index in [0.717, 1.165) is 0 Å². The molecule has 0 saturated carbocycles. The Morgan fingerprint density at radius 2 is 1.54 bits per heavy atom. The fraction of sp³-hybridized carbons (Fsp3) is 0.667. The Morgan fingerprint density at radius 1 is 0.962 bits per heavy atom. The molecule has 0 aromatic rings. The summed E-state index contributed by atoms with van der Waals surface area (Å²) in [5, 5.41) is 24.2. The summed E-state index contributed by atoms with van der Waals surface area (Å²) in [7, 11) is 0. The normalized spacial score (nSPS) is 14.0. The van der Waals surface area contributed by atoms with E-state index in [9.17, 15) is 24.0 Å². The Kier molecular flexibility index (Phi) is 9.89. The van der Waals surface area contributed by atoms with Gasteiger partial charge in [0.2, 0.25) is 17.7 Å². The van der Waals surface area contributed by atoms with Gasteiger partial charge in [0.15, 0.2) is 0 Å². The van der Waals surface area contributed by atoms with Crippen molar-refractivity contribution in [3.05, 3.63) is 0 Å². The van der Waals surface area contributed by atoms with E-state index in [1.807, 2.05) is 0 Å². The summed E-state index contributed by atoms with van der Waals surface area (Å²) < 4.78 is 0. The monoisotopic (exact) mass is 374 g/mol. The van der Waals surface area contributed by atoms with Crippen LogP contribution in [0.15, 0.2) is 0 Å². The van der Waals surface area contributed by atoms with Crippen molar-refractivity contribution < 1.29 is 34.2 Å². The molecule has 3 unspecified atom stereocenters. The maximum Gasteiger partial charge on any atom is 0.325 e. The number of nitrogens with one attached hydrogen (secondary N) is 3. The highest BCUT2D eigenvalue weighted by Crippen LogP contribution is 2.02. The van der Waals surface area contributed by atoms with Gasteiger partial charge in [0.1, 0.15) is 12.1 Å². The molecule has 0 fully saturated rings. The van der Waals surface area contributed by atoms with Crippen LogP contribution in [0.5, 0.6) is 0 Å². The van der Waals surface area contributed by atoms with Gasteiger partial charge in [-0.1, -0.05) is 13.8 Å². The Bertz CT molecular complexity index is 550. The van der Waals surface area contributed by atoms with Gasteiger partial charge in [-0.25, -0.2) is 0 Å². The number of amides is 3. The molecule has 0 bridgehead atoms. The van der Waals surface area contributed by atoms with Crippen LogP contribution in [0.3, 0.4) is 0 Å². The molecule has 0 saturated heterocycles. The SMILES string of the molecule is CC(NC(=O)CNC(=O)C(CCC(=O)O)NC(=O)C(N)C(C)C)C(=O)O. The number of carboxylic acids is 2. The topological polar surface area (TPSA) is 188 Å². The summed E-state index contributed by atoms with van der Waals surface area (Å²) in [6, 6.07) is -3.20. The molecule has 0 aromatic carbocycles. The average molecular weight is 374 g/mol. The van der Waals surface area contributed by atoms with Crippen LogP contribution in [-0.2, 0) is 24.0 Å². The molecule has 26 heavy (non-hydrogen) atoms. The van der Waals surface area contributed by atoms with Gasteiger partial charge < -0.3 is 31.9 Å². The number of carboxylic acid groups (broad SMARTS) is 2. The van der Waals surface area contributed by atoms with Crippen LogP contribution in [0.2, 0.25) is 0 Å². The van der Waals surface area contributed by atoms with Gasteiger partial charge in [-0.2, -0.15) is 0 Å². The minimum Gasteiger partial charge on any atom is -0.481 e. The Morgan fingerprint density at radius 3 is 2.00 bits per heavy atom. The third-order valence-corrected chi connectivity index (χ3v) is 3.47. The van der Waals surface area contributed by atoms with Crippen LogP contribution < -0.4 is 21.7 Å². The molecule has 0 aromatic heterocycles. The molecule has 0 aliphatic rings. The zero-order valence-corrected chi connectivity index (χ0v) is 14.9. The maximum atomic E-state index is 12.2. The highest BCUT2D eigenvalue weighted by molar-refractivity contribution is 5.92. The van der Waals surface area contributed by atoms with Crippen LogP contribution in [0.4, 0.5) is 0 Å². The molecule has 3 atom stereocenters. The van der Waals surface area contributed by atoms with Crippen LogP contribution in [0.25, 0.3) is 0 Å². The standard InChI is InChI=1S/C15H26N4O7/c1-7(2)12(16)14(24)19-9(4-5-11(21)22)13(23)17-6-10(20)18-8(3)15(25)26/h7-9,12H,4-6,16H2,1-3H3,(H,17,23)(H,18,20)(H,19,24)(H,21,22)(H,25,26). The summed E-state index contributed by atoms with van der Waals surface area (Å²) in [5.41, 5.74) is 5.69. The van der Waals surface area contributed by atoms with Gasteiger partial charge in [-0.3, -0.25) is 24.0 Å². The first kappa shape index (κ1) is 23.3. The predicted octanol–water partition coefficient (Wildman–Crippen LogP) is -1.98. The zero-order chi connectivity index (χ0) is 20.4. The number of hydrogen-bond donors (Lipinski definition) is 6. The van der Waals surface area contributed by atoms with Gasteiger partial charge >= 0.3 is 11.9 Å². The third-order valence-electron chi connectivity index (χ3n) is 3.47. The van der Waals surface area contributed by atoms with E-state index >= 15 is 0 Å². The smallest absolute Gasteiger partial charge is 0.325 e. The lowest BCUT2D eigenvalue weighted by atomic mass is 10.0. The molecule has 0 aliphatic carbocycles. The fourth-order valence-electron chi connectivity index (χ4n) is 1.75.